The van der Waals surface area contributed by atoms with Crippen LogP contribution in [-0.2, 0) is 4.79 Å². The second-order valence-electron chi connectivity index (χ2n) is 4.31. The lowest BCUT2D eigenvalue weighted by Gasteiger charge is -2.08. The van der Waals surface area contributed by atoms with Crippen molar-refractivity contribution < 1.29 is 4.79 Å². The van der Waals surface area contributed by atoms with Crippen molar-refractivity contribution in [3.8, 4) is 0 Å². The molecule has 1 fully saturated rings. The van der Waals surface area contributed by atoms with E-state index in [1.54, 1.807) is 0 Å². The second kappa shape index (κ2) is 3.66. The minimum atomic E-state index is 0.0184. The van der Waals surface area contributed by atoms with Gasteiger partial charge in [0.1, 0.15) is 0 Å². The van der Waals surface area contributed by atoms with E-state index in [1.807, 2.05) is 32.0 Å². The van der Waals surface area contributed by atoms with E-state index in [0.29, 0.717) is 0 Å². The van der Waals surface area contributed by atoms with Crippen LogP contribution in [0.3, 0.4) is 0 Å². The zero-order chi connectivity index (χ0) is 11.0. The monoisotopic (exact) mass is 204 g/mol. The summed E-state index contributed by atoms with van der Waals surface area (Å²) in [5.74, 6) is 0.0705. The van der Waals surface area contributed by atoms with E-state index in [9.17, 15) is 4.79 Å². The molecule has 0 radical (unpaired) electrons. The topological polar surface area (TPSA) is 55.1 Å². The summed E-state index contributed by atoms with van der Waals surface area (Å²) in [5, 5.41) is 2.92. The Labute approximate surface area is 89.7 Å². The predicted octanol–water partition coefficient (Wildman–Crippen LogP) is 1.59. The lowest BCUT2D eigenvalue weighted by molar-refractivity contribution is -0.117. The van der Waals surface area contributed by atoms with E-state index in [0.717, 1.165) is 23.2 Å². The molecule has 2 unspecified atom stereocenters. The number of nitrogens with one attached hydrogen (secondary N) is 1. The van der Waals surface area contributed by atoms with Crippen molar-refractivity contribution in [3.05, 3.63) is 29.3 Å². The van der Waals surface area contributed by atoms with Crippen LogP contribution >= 0.6 is 0 Å². The summed E-state index contributed by atoms with van der Waals surface area (Å²) >= 11 is 0. The number of carbonyl (C=O) groups is 1. The zero-order valence-corrected chi connectivity index (χ0v) is 9.08. The number of aryl methyl sites for hydroxylation is 2. The molecule has 2 atom stereocenters. The molecular weight excluding hydrogens is 188 g/mol. The molecule has 0 aromatic heterocycles. The first-order valence-electron chi connectivity index (χ1n) is 5.21. The molecule has 1 aromatic rings. The highest BCUT2D eigenvalue weighted by molar-refractivity contribution is 5.95. The molecule has 3 nitrogen and oxygen atoms in total. The highest BCUT2D eigenvalue weighted by Crippen LogP contribution is 2.29. The fraction of sp³-hybridized carbons (Fsp3) is 0.417. The van der Waals surface area contributed by atoms with E-state index in [4.69, 9.17) is 5.73 Å². The molecule has 0 saturated heterocycles. The van der Waals surface area contributed by atoms with Crippen molar-refractivity contribution in [2.45, 2.75) is 26.3 Å². The van der Waals surface area contributed by atoms with Crippen LogP contribution in [0.5, 0.6) is 0 Å². The maximum absolute atomic E-state index is 11.7. The molecule has 80 valence electrons. The summed E-state index contributed by atoms with van der Waals surface area (Å²) in [6.07, 6.45) is 0.816. The van der Waals surface area contributed by atoms with Gasteiger partial charge in [0.2, 0.25) is 5.91 Å². The minimum absolute atomic E-state index is 0.0184. The van der Waals surface area contributed by atoms with Crippen molar-refractivity contribution >= 4 is 11.6 Å². The Morgan fingerprint density at radius 1 is 1.47 bits per heavy atom. The molecule has 0 aliphatic heterocycles. The van der Waals surface area contributed by atoms with Crippen molar-refractivity contribution in [2.75, 3.05) is 5.32 Å². The average molecular weight is 204 g/mol. The molecule has 2 rings (SSSR count). The first-order chi connectivity index (χ1) is 7.08. The molecule has 0 heterocycles. The van der Waals surface area contributed by atoms with Crippen LogP contribution in [0, 0.1) is 19.8 Å². The summed E-state index contributed by atoms with van der Waals surface area (Å²) in [4.78, 5) is 11.7. The largest absolute Gasteiger partial charge is 0.327 e. The highest BCUT2D eigenvalue weighted by atomic mass is 16.2. The fourth-order valence-corrected chi connectivity index (χ4v) is 1.61. The molecule has 15 heavy (non-hydrogen) atoms. The first-order valence-corrected chi connectivity index (χ1v) is 5.21. The van der Waals surface area contributed by atoms with Gasteiger partial charge in [-0.1, -0.05) is 12.1 Å². The van der Waals surface area contributed by atoms with Gasteiger partial charge in [-0.25, -0.2) is 0 Å². The fourth-order valence-electron chi connectivity index (χ4n) is 1.61. The molecule has 3 heteroatoms. The third-order valence-corrected chi connectivity index (χ3v) is 2.83. The van der Waals surface area contributed by atoms with Crippen LogP contribution in [0.2, 0.25) is 0 Å². The molecule has 1 saturated carbocycles. The Kier molecular flexibility index (Phi) is 2.49. The third kappa shape index (κ3) is 2.18. The summed E-state index contributed by atoms with van der Waals surface area (Å²) in [6, 6.07) is 6.10. The van der Waals surface area contributed by atoms with Gasteiger partial charge in [-0.15, -0.1) is 0 Å². The number of carbonyl (C=O) groups excluding carboxylic acids is 1. The summed E-state index contributed by atoms with van der Waals surface area (Å²) in [6.45, 7) is 4.00. The number of hydrogen-bond donors (Lipinski definition) is 2. The minimum Gasteiger partial charge on any atom is -0.327 e. The molecule has 0 spiro atoms. The van der Waals surface area contributed by atoms with Gasteiger partial charge in [0.05, 0.1) is 5.92 Å². The smallest absolute Gasteiger partial charge is 0.229 e. The number of nitrogens with two attached hydrogens (primary N) is 1. The SMILES string of the molecule is Cc1ccc(C)c(NC(=O)C2CC2N)c1. The Balaban J connectivity index is 2.10. The van der Waals surface area contributed by atoms with Gasteiger partial charge in [0.15, 0.2) is 0 Å². The molecule has 1 aliphatic carbocycles. The molecule has 3 N–H and O–H groups in total. The van der Waals surface area contributed by atoms with E-state index in [2.05, 4.69) is 5.32 Å². The van der Waals surface area contributed by atoms with Gasteiger partial charge < -0.3 is 11.1 Å². The summed E-state index contributed by atoms with van der Waals surface area (Å²) < 4.78 is 0. The average Bonchev–Trinajstić information content (AvgIpc) is 2.89. The molecule has 1 amide bonds. The van der Waals surface area contributed by atoms with Gasteiger partial charge in [-0.05, 0) is 37.5 Å². The second-order valence-corrected chi connectivity index (χ2v) is 4.31. The quantitative estimate of drug-likeness (QED) is 0.768. The zero-order valence-electron chi connectivity index (χ0n) is 9.08. The molecular formula is C12H16N2O. The normalized spacial score (nSPS) is 23.7. The van der Waals surface area contributed by atoms with Crippen molar-refractivity contribution in [1.29, 1.82) is 0 Å². The van der Waals surface area contributed by atoms with Gasteiger partial charge >= 0.3 is 0 Å². The van der Waals surface area contributed by atoms with Crippen LogP contribution in [0.15, 0.2) is 18.2 Å². The Hall–Kier alpha value is -1.35. The van der Waals surface area contributed by atoms with Crippen LogP contribution < -0.4 is 11.1 Å². The number of anilines is 1. The Morgan fingerprint density at radius 3 is 2.73 bits per heavy atom. The van der Waals surface area contributed by atoms with Crippen molar-refractivity contribution in [1.82, 2.24) is 0 Å². The maximum atomic E-state index is 11.7. The van der Waals surface area contributed by atoms with E-state index >= 15 is 0 Å². The van der Waals surface area contributed by atoms with E-state index in [1.165, 1.54) is 0 Å². The number of amides is 1. The van der Waals surface area contributed by atoms with Crippen LogP contribution in [0.1, 0.15) is 17.5 Å². The maximum Gasteiger partial charge on any atom is 0.229 e. The lowest BCUT2D eigenvalue weighted by Crippen LogP contribution is -2.19. The van der Waals surface area contributed by atoms with Crippen molar-refractivity contribution in [2.24, 2.45) is 11.7 Å². The number of rotatable bonds is 2. The highest BCUT2D eigenvalue weighted by Gasteiger charge is 2.40. The van der Waals surface area contributed by atoms with Gasteiger partial charge in [0.25, 0.3) is 0 Å². The molecule has 0 bridgehead atoms. The number of hydrogen-bond acceptors (Lipinski definition) is 2. The van der Waals surface area contributed by atoms with E-state index in [-0.39, 0.29) is 17.9 Å². The summed E-state index contributed by atoms with van der Waals surface area (Å²) in [5.41, 5.74) is 8.77. The van der Waals surface area contributed by atoms with Crippen LogP contribution in [0.4, 0.5) is 5.69 Å². The number of benzene rings is 1. The van der Waals surface area contributed by atoms with Gasteiger partial charge in [-0.2, -0.15) is 0 Å². The molecule has 1 aromatic carbocycles. The van der Waals surface area contributed by atoms with Crippen LogP contribution in [0.25, 0.3) is 0 Å². The van der Waals surface area contributed by atoms with Gasteiger partial charge in [-0.3, -0.25) is 4.79 Å². The Morgan fingerprint density at radius 2 is 2.13 bits per heavy atom. The Bertz CT molecular complexity index is 401. The third-order valence-electron chi connectivity index (χ3n) is 2.83. The van der Waals surface area contributed by atoms with Crippen molar-refractivity contribution in [3.63, 3.8) is 0 Å². The van der Waals surface area contributed by atoms with Gasteiger partial charge in [0, 0.05) is 11.7 Å². The summed E-state index contributed by atoms with van der Waals surface area (Å²) in [7, 11) is 0. The van der Waals surface area contributed by atoms with Crippen LogP contribution in [-0.4, -0.2) is 11.9 Å². The molecule has 1 aliphatic rings. The predicted molar refractivity (Wildman–Crippen MR) is 60.6 cm³/mol. The lowest BCUT2D eigenvalue weighted by atomic mass is 10.1. The van der Waals surface area contributed by atoms with E-state index < -0.39 is 0 Å². The first kappa shape index (κ1) is 10.2. The standard InChI is InChI=1S/C12H16N2O/c1-7-3-4-8(2)11(5-7)14-12(15)9-6-10(9)13/h3-5,9-10H,6,13H2,1-2H3,(H,14,15).